The number of rotatable bonds is 3. The average Bonchev–Trinajstić information content (AvgIpc) is 2.78. The minimum Gasteiger partial charge on any atom is -0.207 e. The zero-order chi connectivity index (χ0) is 14.2. The van der Waals surface area contributed by atoms with Gasteiger partial charge in [-0.3, -0.25) is 0 Å². The van der Waals surface area contributed by atoms with E-state index in [1.54, 1.807) is 0 Å². The molecule has 2 rings (SSSR count). The third-order valence-electron chi connectivity index (χ3n) is 2.59. The maximum Gasteiger partial charge on any atom is 0.246 e. The Balaban J connectivity index is 2.45. The van der Waals surface area contributed by atoms with Gasteiger partial charge in [0.05, 0.1) is 0 Å². The van der Waals surface area contributed by atoms with Crippen molar-refractivity contribution in [1.29, 1.82) is 0 Å². The first-order chi connectivity index (χ1) is 8.83. The van der Waals surface area contributed by atoms with Gasteiger partial charge in [-0.25, -0.2) is 30.7 Å². The zero-order valence-electron chi connectivity index (χ0n) is 9.42. The molecule has 1 saturated heterocycles. The zero-order valence-corrected chi connectivity index (χ0v) is 11.1. The highest BCUT2D eigenvalue weighted by Gasteiger charge is 2.32. The SMILES string of the molecule is O=S(=O)(N[C@H]1CCSC1)c1c(F)c(F)cc(F)c1F. The van der Waals surface area contributed by atoms with E-state index in [2.05, 4.69) is 0 Å². The fraction of sp³-hybridized carbons (Fsp3) is 0.400. The van der Waals surface area contributed by atoms with Crippen molar-refractivity contribution in [3.63, 3.8) is 0 Å². The minimum absolute atomic E-state index is 0.0326. The second-order valence-electron chi connectivity index (χ2n) is 3.98. The summed E-state index contributed by atoms with van der Waals surface area (Å²) in [6.45, 7) is 0. The molecule has 3 nitrogen and oxygen atoms in total. The maximum absolute atomic E-state index is 13.4. The normalized spacial score (nSPS) is 19.9. The van der Waals surface area contributed by atoms with Crippen LogP contribution in [0.2, 0.25) is 0 Å². The van der Waals surface area contributed by atoms with Crippen LogP contribution in [-0.4, -0.2) is 26.0 Å². The van der Waals surface area contributed by atoms with E-state index in [9.17, 15) is 26.0 Å². The van der Waals surface area contributed by atoms with Crippen molar-refractivity contribution in [3.05, 3.63) is 29.3 Å². The van der Waals surface area contributed by atoms with Crippen LogP contribution in [0.15, 0.2) is 11.0 Å². The van der Waals surface area contributed by atoms with Gasteiger partial charge < -0.3 is 0 Å². The van der Waals surface area contributed by atoms with E-state index < -0.39 is 44.2 Å². The van der Waals surface area contributed by atoms with E-state index in [1.807, 2.05) is 4.72 Å². The van der Waals surface area contributed by atoms with Crippen molar-refractivity contribution < 1.29 is 26.0 Å². The summed E-state index contributed by atoms with van der Waals surface area (Å²) in [5.41, 5.74) is 0. The second kappa shape index (κ2) is 5.29. The van der Waals surface area contributed by atoms with Crippen LogP contribution in [0.5, 0.6) is 0 Å². The molecule has 0 aliphatic carbocycles. The van der Waals surface area contributed by atoms with Gasteiger partial charge in [-0.15, -0.1) is 0 Å². The topological polar surface area (TPSA) is 46.2 Å². The van der Waals surface area contributed by atoms with Gasteiger partial charge in [0.1, 0.15) is 0 Å². The lowest BCUT2D eigenvalue weighted by Gasteiger charge is -2.13. The molecule has 0 aromatic heterocycles. The van der Waals surface area contributed by atoms with Crippen molar-refractivity contribution in [2.24, 2.45) is 0 Å². The molecule has 19 heavy (non-hydrogen) atoms. The van der Waals surface area contributed by atoms with E-state index in [1.165, 1.54) is 11.8 Å². The van der Waals surface area contributed by atoms with Gasteiger partial charge in [-0.1, -0.05) is 0 Å². The molecule has 1 heterocycles. The second-order valence-corrected chi connectivity index (χ2v) is 6.78. The molecule has 0 amide bonds. The highest BCUT2D eigenvalue weighted by molar-refractivity contribution is 7.99. The van der Waals surface area contributed by atoms with Crippen molar-refractivity contribution in [3.8, 4) is 0 Å². The highest BCUT2D eigenvalue weighted by atomic mass is 32.2. The molecule has 0 saturated carbocycles. The van der Waals surface area contributed by atoms with E-state index >= 15 is 0 Å². The van der Waals surface area contributed by atoms with Gasteiger partial charge in [-0.05, 0) is 12.2 Å². The largest absolute Gasteiger partial charge is 0.246 e. The Kier molecular flexibility index (Phi) is 4.07. The predicted molar refractivity (Wildman–Crippen MR) is 62.3 cm³/mol. The van der Waals surface area contributed by atoms with Crippen LogP contribution in [0.3, 0.4) is 0 Å². The van der Waals surface area contributed by atoms with Gasteiger partial charge in [0.2, 0.25) is 10.0 Å². The fourth-order valence-electron chi connectivity index (χ4n) is 1.69. The molecule has 1 aliphatic rings. The van der Waals surface area contributed by atoms with Crippen LogP contribution < -0.4 is 4.72 Å². The van der Waals surface area contributed by atoms with Gasteiger partial charge in [0, 0.05) is 17.9 Å². The number of sulfonamides is 1. The number of thioether (sulfide) groups is 1. The lowest BCUT2D eigenvalue weighted by molar-refractivity contribution is 0.417. The molecule has 1 aromatic carbocycles. The van der Waals surface area contributed by atoms with Gasteiger partial charge >= 0.3 is 0 Å². The van der Waals surface area contributed by atoms with E-state index in [0.717, 1.165) is 0 Å². The average molecular weight is 315 g/mol. The molecule has 1 aliphatic heterocycles. The molecular formula is C10H9F4NO2S2. The molecule has 0 bridgehead atoms. The first-order valence-electron chi connectivity index (χ1n) is 5.26. The Morgan fingerprint density at radius 3 is 2.21 bits per heavy atom. The Hall–Kier alpha value is -0.800. The molecule has 1 fully saturated rings. The van der Waals surface area contributed by atoms with Gasteiger partial charge in [-0.2, -0.15) is 11.8 Å². The molecule has 1 aromatic rings. The third-order valence-corrected chi connectivity index (χ3v) is 5.29. The monoisotopic (exact) mass is 315 g/mol. The summed E-state index contributed by atoms with van der Waals surface area (Å²) in [4.78, 5) is -1.61. The van der Waals surface area contributed by atoms with Crippen LogP contribution >= 0.6 is 11.8 Å². The summed E-state index contributed by atoms with van der Waals surface area (Å²) in [6.07, 6.45) is 0.491. The molecule has 0 spiro atoms. The number of nitrogens with one attached hydrogen (secondary N) is 1. The Labute approximate surface area is 111 Å². The molecule has 1 N–H and O–H groups in total. The molecule has 9 heteroatoms. The standard InChI is InChI=1S/C10H9F4NO2S2/c11-6-3-7(12)9(14)10(8(6)13)19(16,17)15-5-1-2-18-4-5/h3,5,15H,1-2,4H2/t5-/m0/s1. The van der Waals surface area contributed by atoms with Gasteiger partial charge in [0.15, 0.2) is 28.2 Å². The smallest absolute Gasteiger partial charge is 0.207 e. The number of benzene rings is 1. The quantitative estimate of drug-likeness (QED) is 0.686. The predicted octanol–water partition coefficient (Wildman–Crippen LogP) is 2.03. The maximum atomic E-state index is 13.4. The minimum atomic E-state index is -4.64. The first-order valence-corrected chi connectivity index (χ1v) is 7.90. The van der Waals surface area contributed by atoms with Crippen LogP contribution in [0.1, 0.15) is 6.42 Å². The Morgan fingerprint density at radius 2 is 1.74 bits per heavy atom. The molecular weight excluding hydrogens is 306 g/mol. The fourth-order valence-corrected chi connectivity index (χ4v) is 4.38. The van der Waals surface area contributed by atoms with Gasteiger partial charge in [0.25, 0.3) is 0 Å². The number of hydrogen-bond donors (Lipinski definition) is 1. The van der Waals surface area contributed by atoms with E-state index in [4.69, 9.17) is 0 Å². The van der Waals surface area contributed by atoms with Crippen molar-refractivity contribution in [2.45, 2.75) is 17.4 Å². The van der Waals surface area contributed by atoms with E-state index in [0.29, 0.717) is 17.9 Å². The summed E-state index contributed by atoms with van der Waals surface area (Å²) in [5, 5.41) is 0. The summed E-state index contributed by atoms with van der Waals surface area (Å²) < 4.78 is 78.4. The van der Waals surface area contributed by atoms with Crippen LogP contribution in [-0.2, 0) is 10.0 Å². The summed E-state index contributed by atoms with van der Waals surface area (Å²) in [7, 11) is -4.64. The first kappa shape index (κ1) is 14.6. The summed E-state index contributed by atoms with van der Waals surface area (Å²) in [6, 6.07) is -0.533. The number of halogens is 4. The van der Waals surface area contributed by atoms with Crippen LogP contribution in [0, 0.1) is 23.3 Å². The Bertz CT molecular complexity index is 574. The van der Waals surface area contributed by atoms with E-state index in [-0.39, 0.29) is 6.07 Å². The third kappa shape index (κ3) is 2.87. The molecule has 1 atom stereocenters. The number of hydrogen-bond acceptors (Lipinski definition) is 3. The van der Waals surface area contributed by atoms with Crippen LogP contribution in [0.4, 0.5) is 17.6 Å². The van der Waals surface area contributed by atoms with Crippen molar-refractivity contribution in [1.82, 2.24) is 4.72 Å². The molecule has 0 unspecified atom stereocenters. The molecule has 106 valence electrons. The lowest BCUT2D eigenvalue weighted by atomic mass is 10.3. The lowest BCUT2D eigenvalue weighted by Crippen LogP contribution is -2.36. The highest BCUT2D eigenvalue weighted by Crippen LogP contribution is 2.25. The van der Waals surface area contributed by atoms with Crippen molar-refractivity contribution in [2.75, 3.05) is 11.5 Å². The Morgan fingerprint density at radius 1 is 1.16 bits per heavy atom. The van der Waals surface area contributed by atoms with Crippen molar-refractivity contribution >= 4 is 21.8 Å². The van der Waals surface area contributed by atoms with Crippen LogP contribution in [0.25, 0.3) is 0 Å². The summed E-state index contributed by atoms with van der Waals surface area (Å²) >= 11 is 1.47. The molecule has 0 radical (unpaired) electrons. The summed E-state index contributed by atoms with van der Waals surface area (Å²) in [5.74, 6) is -6.19.